The lowest BCUT2D eigenvalue weighted by Crippen LogP contribution is -2.44. The van der Waals surface area contributed by atoms with E-state index in [1.54, 1.807) is 6.07 Å². The maximum Gasteiger partial charge on any atom is 0.317 e. The zero-order chi connectivity index (χ0) is 20.8. The van der Waals surface area contributed by atoms with Gasteiger partial charge in [-0.25, -0.2) is 9.18 Å². The van der Waals surface area contributed by atoms with E-state index in [1.807, 2.05) is 36.1 Å². The Bertz CT molecular complexity index is 865. The predicted molar refractivity (Wildman–Crippen MR) is 112 cm³/mol. The second kappa shape index (κ2) is 9.74. The van der Waals surface area contributed by atoms with Crippen molar-refractivity contribution >= 4 is 23.5 Å². The highest BCUT2D eigenvalue weighted by atomic mass is 35.5. The molecular weight excluding hydrogens is 393 g/mol. The first-order valence-electron chi connectivity index (χ1n) is 9.82. The molecule has 0 spiro atoms. The SMILES string of the molecule is CCNC(=O)N1CCC(c2ccc(C(=O)NCc3ccc(F)c(Cl)c3)cc2)CC1. The number of hydrogen-bond acceptors (Lipinski definition) is 2. The van der Waals surface area contributed by atoms with Crippen molar-refractivity contribution in [3.05, 3.63) is 70.0 Å². The number of benzene rings is 2. The average molecular weight is 418 g/mol. The molecule has 0 radical (unpaired) electrons. The third-order valence-electron chi connectivity index (χ3n) is 5.19. The molecule has 0 bridgehead atoms. The zero-order valence-electron chi connectivity index (χ0n) is 16.4. The molecule has 2 aromatic carbocycles. The van der Waals surface area contributed by atoms with Gasteiger partial charge >= 0.3 is 6.03 Å². The summed E-state index contributed by atoms with van der Waals surface area (Å²) < 4.78 is 13.2. The minimum Gasteiger partial charge on any atom is -0.348 e. The van der Waals surface area contributed by atoms with Gasteiger partial charge in [-0.05, 0) is 61.1 Å². The second-order valence-corrected chi connectivity index (χ2v) is 7.56. The molecule has 0 atom stereocenters. The molecule has 0 aromatic heterocycles. The smallest absolute Gasteiger partial charge is 0.317 e. The van der Waals surface area contributed by atoms with Gasteiger partial charge in [0.25, 0.3) is 5.91 Å². The number of halogens is 2. The van der Waals surface area contributed by atoms with Crippen LogP contribution in [0.2, 0.25) is 5.02 Å². The Morgan fingerprint density at radius 2 is 1.79 bits per heavy atom. The van der Waals surface area contributed by atoms with Crippen LogP contribution in [0.1, 0.15) is 47.2 Å². The average Bonchev–Trinajstić information content (AvgIpc) is 2.75. The van der Waals surface area contributed by atoms with E-state index in [2.05, 4.69) is 10.6 Å². The lowest BCUT2D eigenvalue weighted by Gasteiger charge is -2.32. The fraction of sp³-hybridized carbons (Fsp3) is 0.364. The van der Waals surface area contributed by atoms with Crippen molar-refractivity contribution in [1.82, 2.24) is 15.5 Å². The first-order valence-corrected chi connectivity index (χ1v) is 10.2. The molecule has 0 aliphatic carbocycles. The van der Waals surface area contributed by atoms with Crippen molar-refractivity contribution in [1.29, 1.82) is 0 Å². The first-order chi connectivity index (χ1) is 14.0. The third kappa shape index (κ3) is 5.48. The maximum atomic E-state index is 13.2. The molecule has 29 heavy (non-hydrogen) atoms. The van der Waals surface area contributed by atoms with Crippen LogP contribution in [-0.4, -0.2) is 36.5 Å². The number of carbonyl (C=O) groups is 2. The van der Waals surface area contributed by atoms with Crippen molar-refractivity contribution in [3.8, 4) is 0 Å². The van der Waals surface area contributed by atoms with Crippen LogP contribution < -0.4 is 10.6 Å². The minimum atomic E-state index is -0.478. The van der Waals surface area contributed by atoms with Gasteiger partial charge in [-0.1, -0.05) is 29.8 Å². The Morgan fingerprint density at radius 3 is 2.41 bits per heavy atom. The quantitative estimate of drug-likeness (QED) is 0.761. The van der Waals surface area contributed by atoms with Gasteiger partial charge in [0.1, 0.15) is 5.82 Å². The fourth-order valence-electron chi connectivity index (χ4n) is 3.52. The number of urea groups is 1. The molecular formula is C22H25ClFN3O2. The molecule has 1 heterocycles. The summed E-state index contributed by atoms with van der Waals surface area (Å²) in [6.07, 6.45) is 1.82. The molecule has 1 fully saturated rings. The lowest BCUT2D eigenvalue weighted by molar-refractivity contribution is 0.0951. The summed E-state index contributed by atoms with van der Waals surface area (Å²) in [5.41, 5.74) is 2.49. The summed E-state index contributed by atoms with van der Waals surface area (Å²) in [4.78, 5) is 26.1. The molecule has 3 rings (SSSR count). The Morgan fingerprint density at radius 1 is 1.10 bits per heavy atom. The van der Waals surface area contributed by atoms with Crippen LogP contribution >= 0.6 is 11.6 Å². The van der Waals surface area contributed by atoms with Crippen molar-refractivity contribution in [2.24, 2.45) is 0 Å². The molecule has 0 saturated carbocycles. The Balaban J connectivity index is 1.52. The van der Waals surface area contributed by atoms with Crippen LogP contribution in [0.15, 0.2) is 42.5 Å². The van der Waals surface area contributed by atoms with E-state index < -0.39 is 5.82 Å². The molecule has 1 aliphatic rings. The van der Waals surface area contributed by atoms with Gasteiger partial charge in [-0.2, -0.15) is 0 Å². The Hall–Kier alpha value is -2.60. The van der Waals surface area contributed by atoms with E-state index in [0.717, 1.165) is 31.5 Å². The van der Waals surface area contributed by atoms with Gasteiger partial charge in [-0.15, -0.1) is 0 Å². The zero-order valence-corrected chi connectivity index (χ0v) is 17.1. The van der Waals surface area contributed by atoms with Gasteiger partial charge in [0.05, 0.1) is 5.02 Å². The summed E-state index contributed by atoms with van der Waals surface area (Å²) >= 11 is 5.77. The number of amides is 3. The summed E-state index contributed by atoms with van der Waals surface area (Å²) in [6.45, 7) is 4.30. The van der Waals surface area contributed by atoms with Crippen LogP contribution in [0.25, 0.3) is 0 Å². The number of piperidine rings is 1. The van der Waals surface area contributed by atoms with Gasteiger partial charge in [-0.3, -0.25) is 4.79 Å². The number of nitrogens with zero attached hydrogens (tertiary/aromatic N) is 1. The van der Waals surface area contributed by atoms with Gasteiger partial charge in [0, 0.05) is 31.7 Å². The molecule has 1 aliphatic heterocycles. The third-order valence-corrected chi connectivity index (χ3v) is 5.48. The second-order valence-electron chi connectivity index (χ2n) is 7.15. The van der Waals surface area contributed by atoms with E-state index in [1.165, 1.54) is 17.7 Å². The number of carbonyl (C=O) groups excluding carboxylic acids is 2. The largest absolute Gasteiger partial charge is 0.348 e. The molecule has 2 aromatic rings. The number of nitrogens with one attached hydrogen (secondary N) is 2. The van der Waals surface area contributed by atoms with Crippen molar-refractivity contribution in [2.75, 3.05) is 19.6 Å². The highest BCUT2D eigenvalue weighted by Crippen LogP contribution is 2.28. The minimum absolute atomic E-state index is 0.000381. The standard InChI is InChI=1S/C22H25ClFN3O2/c1-2-25-22(29)27-11-9-17(10-12-27)16-4-6-18(7-5-16)21(28)26-14-15-3-8-20(24)19(23)13-15/h3-8,13,17H,2,9-12,14H2,1H3,(H,25,29)(H,26,28). The highest BCUT2D eigenvalue weighted by Gasteiger charge is 2.23. The summed E-state index contributed by atoms with van der Waals surface area (Å²) in [7, 11) is 0. The van der Waals surface area contributed by atoms with Gasteiger partial charge in [0.15, 0.2) is 0 Å². The van der Waals surface area contributed by atoms with Gasteiger partial charge in [0.2, 0.25) is 0 Å². The fourth-order valence-corrected chi connectivity index (χ4v) is 3.72. The van der Waals surface area contributed by atoms with E-state index in [-0.39, 0.29) is 23.5 Å². The van der Waals surface area contributed by atoms with Crippen LogP contribution in [0.5, 0.6) is 0 Å². The van der Waals surface area contributed by atoms with Crippen molar-refractivity contribution < 1.29 is 14.0 Å². The molecule has 0 unspecified atom stereocenters. The topological polar surface area (TPSA) is 61.4 Å². The van der Waals surface area contributed by atoms with Crippen LogP contribution in [0.3, 0.4) is 0 Å². The molecule has 2 N–H and O–H groups in total. The van der Waals surface area contributed by atoms with Crippen LogP contribution in [0.4, 0.5) is 9.18 Å². The number of likely N-dealkylation sites (tertiary alicyclic amines) is 1. The molecule has 5 nitrogen and oxygen atoms in total. The Labute approximate surface area is 175 Å². The monoisotopic (exact) mass is 417 g/mol. The molecule has 154 valence electrons. The lowest BCUT2D eigenvalue weighted by atomic mass is 9.89. The number of rotatable bonds is 5. The van der Waals surface area contributed by atoms with Crippen molar-refractivity contribution in [2.45, 2.75) is 32.2 Å². The van der Waals surface area contributed by atoms with E-state index in [9.17, 15) is 14.0 Å². The van der Waals surface area contributed by atoms with E-state index in [0.29, 0.717) is 18.0 Å². The summed E-state index contributed by atoms with van der Waals surface area (Å²) in [5, 5.41) is 5.70. The van der Waals surface area contributed by atoms with Crippen molar-refractivity contribution in [3.63, 3.8) is 0 Å². The Kier molecular flexibility index (Phi) is 7.09. The summed E-state index contributed by atoms with van der Waals surface area (Å²) in [5.74, 6) is -0.281. The first kappa shape index (κ1) is 21.1. The van der Waals surface area contributed by atoms with Crippen LogP contribution in [-0.2, 0) is 6.54 Å². The van der Waals surface area contributed by atoms with E-state index >= 15 is 0 Å². The molecule has 7 heteroatoms. The maximum absolute atomic E-state index is 13.2. The summed E-state index contributed by atoms with van der Waals surface area (Å²) in [6, 6.07) is 12.0. The highest BCUT2D eigenvalue weighted by molar-refractivity contribution is 6.30. The van der Waals surface area contributed by atoms with E-state index in [4.69, 9.17) is 11.6 Å². The van der Waals surface area contributed by atoms with Crippen LogP contribution in [0, 0.1) is 5.82 Å². The number of hydrogen-bond donors (Lipinski definition) is 2. The molecule has 1 saturated heterocycles. The predicted octanol–water partition coefficient (Wildman–Crippen LogP) is 4.32. The molecule has 3 amide bonds. The normalized spacial score (nSPS) is 14.5. The van der Waals surface area contributed by atoms with Gasteiger partial charge < -0.3 is 15.5 Å².